The molecule has 0 saturated heterocycles. The van der Waals surface area contributed by atoms with Crippen LogP contribution in [0.3, 0.4) is 0 Å². The Morgan fingerprint density at radius 2 is 2.00 bits per heavy atom. The average Bonchev–Trinajstić information content (AvgIpc) is 2.94. The molecule has 3 aromatic rings. The van der Waals surface area contributed by atoms with Crippen LogP contribution in [-0.2, 0) is 0 Å². The summed E-state index contributed by atoms with van der Waals surface area (Å²) in [6.07, 6.45) is 1.46. The Morgan fingerprint density at radius 3 is 2.67 bits per heavy atom. The van der Waals surface area contributed by atoms with Crippen LogP contribution in [0.5, 0.6) is 0 Å². The summed E-state index contributed by atoms with van der Waals surface area (Å²) in [6.45, 7) is 0. The van der Waals surface area contributed by atoms with E-state index in [0.29, 0.717) is 10.3 Å². The second-order valence-electron chi connectivity index (χ2n) is 5.16. The molecule has 0 saturated carbocycles. The van der Waals surface area contributed by atoms with Gasteiger partial charge in [-0.1, -0.05) is 18.2 Å². The fourth-order valence-electron chi connectivity index (χ4n) is 2.06. The minimum atomic E-state index is -0.557. The first kappa shape index (κ1) is 16.1. The molecule has 0 atom stereocenters. The van der Waals surface area contributed by atoms with Gasteiger partial charge in [0, 0.05) is 19.7 Å². The summed E-state index contributed by atoms with van der Waals surface area (Å²) < 4.78 is 1.29. The number of aliphatic imine (C=N–C) groups is 1. The molecule has 8 nitrogen and oxygen atoms in total. The molecule has 0 spiro atoms. The first-order valence-corrected chi connectivity index (χ1v) is 7.75. The third kappa shape index (κ3) is 2.98. The Labute approximate surface area is 145 Å². The van der Waals surface area contributed by atoms with E-state index >= 15 is 0 Å². The molecule has 2 aromatic heterocycles. The van der Waals surface area contributed by atoms with E-state index in [1.165, 1.54) is 6.34 Å². The Morgan fingerprint density at radius 1 is 1.29 bits per heavy atom. The van der Waals surface area contributed by atoms with Crippen molar-refractivity contribution < 1.29 is 4.79 Å². The summed E-state index contributed by atoms with van der Waals surface area (Å²) >= 11 is 3.17. The van der Waals surface area contributed by atoms with Crippen LogP contribution in [-0.4, -0.2) is 50.8 Å². The summed E-state index contributed by atoms with van der Waals surface area (Å²) in [5.74, 6) is -0.541. The molecule has 2 heterocycles. The second kappa shape index (κ2) is 6.36. The standard InChI is InChI=1S/C15H13BrN6O2/c1-21(2)8-17-15-20-11-10(18-14(16)19-11)13(24)22(15)12(23)9-6-4-3-5-7-9/h3-8H,1-2H3,(H,18,19)/b17-8+. The van der Waals surface area contributed by atoms with Crippen molar-refractivity contribution >= 4 is 45.3 Å². The van der Waals surface area contributed by atoms with Crippen molar-refractivity contribution in [3.63, 3.8) is 0 Å². The normalized spacial score (nSPS) is 11.3. The van der Waals surface area contributed by atoms with Gasteiger partial charge in [-0.05, 0) is 28.1 Å². The van der Waals surface area contributed by atoms with E-state index in [-0.39, 0.29) is 17.1 Å². The van der Waals surface area contributed by atoms with Crippen LogP contribution in [0.2, 0.25) is 0 Å². The first-order chi connectivity index (χ1) is 11.5. The Hall–Kier alpha value is -2.81. The smallest absolute Gasteiger partial charge is 0.288 e. The van der Waals surface area contributed by atoms with Gasteiger partial charge < -0.3 is 9.88 Å². The van der Waals surface area contributed by atoms with Crippen LogP contribution >= 0.6 is 15.9 Å². The molecule has 0 unspecified atom stereocenters. The van der Waals surface area contributed by atoms with Crippen molar-refractivity contribution in [2.75, 3.05) is 14.1 Å². The number of rotatable bonds is 3. The van der Waals surface area contributed by atoms with Gasteiger partial charge in [0.15, 0.2) is 15.9 Å². The molecular weight excluding hydrogens is 376 g/mol. The second-order valence-corrected chi connectivity index (χ2v) is 5.91. The number of H-pyrrole nitrogens is 1. The van der Waals surface area contributed by atoms with Gasteiger partial charge in [-0.25, -0.2) is 14.5 Å². The zero-order chi connectivity index (χ0) is 17.3. The number of nitrogens with one attached hydrogen (secondary N) is 1. The topological polar surface area (TPSA) is 96.2 Å². The summed E-state index contributed by atoms with van der Waals surface area (Å²) in [6, 6.07) is 8.49. The highest BCUT2D eigenvalue weighted by molar-refractivity contribution is 9.10. The van der Waals surface area contributed by atoms with Crippen molar-refractivity contribution in [2.24, 2.45) is 4.99 Å². The molecule has 0 amide bonds. The minimum Gasteiger partial charge on any atom is -0.369 e. The predicted molar refractivity (Wildman–Crippen MR) is 93.9 cm³/mol. The Bertz CT molecular complexity index is 990. The zero-order valence-corrected chi connectivity index (χ0v) is 14.5. The molecule has 9 heteroatoms. The van der Waals surface area contributed by atoms with Gasteiger partial charge in [0.25, 0.3) is 11.5 Å². The van der Waals surface area contributed by atoms with Gasteiger partial charge in [0.05, 0.1) is 6.34 Å². The number of hydrogen-bond acceptors (Lipinski definition) is 5. The Kier molecular flexibility index (Phi) is 4.26. The maximum absolute atomic E-state index is 12.8. The highest BCUT2D eigenvalue weighted by Crippen LogP contribution is 2.16. The number of halogens is 1. The summed E-state index contributed by atoms with van der Waals surface area (Å²) in [5.41, 5.74) is 0.128. The largest absolute Gasteiger partial charge is 0.369 e. The molecule has 24 heavy (non-hydrogen) atoms. The number of hydrogen-bond donors (Lipinski definition) is 1. The van der Waals surface area contributed by atoms with Gasteiger partial charge in [-0.2, -0.15) is 4.98 Å². The van der Waals surface area contributed by atoms with E-state index in [9.17, 15) is 9.59 Å². The maximum Gasteiger partial charge on any atom is 0.288 e. The van der Waals surface area contributed by atoms with Crippen LogP contribution < -0.4 is 5.56 Å². The van der Waals surface area contributed by atoms with Crippen LogP contribution in [0, 0.1) is 0 Å². The molecule has 0 aliphatic heterocycles. The lowest BCUT2D eigenvalue weighted by Gasteiger charge is -2.08. The van der Waals surface area contributed by atoms with E-state index in [1.54, 1.807) is 49.3 Å². The Balaban J connectivity index is 2.27. The third-order valence-corrected chi connectivity index (χ3v) is 3.48. The zero-order valence-electron chi connectivity index (χ0n) is 12.9. The van der Waals surface area contributed by atoms with Crippen LogP contribution in [0.25, 0.3) is 11.2 Å². The van der Waals surface area contributed by atoms with E-state index in [1.807, 2.05) is 0 Å². The van der Waals surface area contributed by atoms with E-state index in [0.717, 1.165) is 4.57 Å². The van der Waals surface area contributed by atoms with Gasteiger partial charge in [-0.3, -0.25) is 9.59 Å². The molecule has 0 aliphatic rings. The monoisotopic (exact) mass is 388 g/mol. The minimum absolute atomic E-state index is 0.0333. The lowest BCUT2D eigenvalue weighted by molar-refractivity contribution is 0.0957. The van der Waals surface area contributed by atoms with Crippen molar-refractivity contribution in [1.82, 2.24) is 24.4 Å². The number of nitrogens with zero attached hydrogens (tertiary/aromatic N) is 5. The number of benzene rings is 1. The fourth-order valence-corrected chi connectivity index (χ4v) is 2.43. The van der Waals surface area contributed by atoms with Crippen LogP contribution in [0.1, 0.15) is 10.4 Å². The maximum atomic E-state index is 12.8. The van der Waals surface area contributed by atoms with Crippen molar-refractivity contribution in [2.45, 2.75) is 0 Å². The lowest BCUT2D eigenvalue weighted by atomic mass is 10.2. The van der Waals surface area contributed by atoms with Gasteiger partial charge in [0.1, 0.15) is 0 Å². The quantitative estimate of drug-likeness (QED) is 0.419. The third-order valence-electron chi connectivity index (χ3n) is 3.11. The van der Waals surface area contributed by atoms with Gasteiger partial charge in [0.2, 0.25) is 5.95 Å². The van der Waals surface area contributed by atoms with Gasteiger partial charge in [-0.15, -0.1) is 0 Å². The molecule has 1 aromatic carbocycles. The first-order valence-electron chi connectivity index (χ1n) is 6.96. The van der Waals surface area contributed by atoms with E-state index in [4.69, 9.17) is 0 Å². The molecule has 3 rings (SSSR count). The number of carbonyl (C=O) groups is 1. The predicted octanol–water partition coefficient (Wildman–Crippen LogP) is 1.79. The molecule has 0 bridgehead atoms. The van der Waals surface area contributed by atoms with Gasteiger partial charge >= 0.3 is 0 Å². The lowest BCUT2D eigenvalue weighted by Crippen LogP contribution is -2.28. The van der Waals surface area contributed by atoms with Crippen LogP contribution in [0.15, 0.2) is 44.9 Å². The number of carbonyl (C=O) groups excluding carboxylic acids is 1. The molecule has 0 radical (unpaired) electrons. The average molecular weight is 389 g/mol. The van der Waals surface area contributed by atoms with E-state index in [2.05, 4.69) is 35.9 Å². The van der Waals surface area contributed by atoms with Crippen molar-refractivity contribution in [3.05, 3.63) is 51.0 Å². The molecule has 1 N–H and O–H groups in total. The molecular formula is C15H13BrN6O2. The van der Waals surface area contributed by atoms with E-state index < -0.39 is 11.5 Å². The molecule has 0 fully saturated rings. The molecule has 122 valence electrons. The van der Waals surface area contributed by atoms with Crippen molar-refractivity contribution in [1.29, 1.82) is 0 Å². The van der Waals surface area contributed by atoms with Crippen molar-refractivity contribution in [3.8, 4) is 0 Å². The number of aromatic amines is 1. The number of imidazole rings is 1. The molecule has 0 aliphatic carbocycles. The number of fused-ring (bicyclic) bond motifs is 1. The highest BCUT2D eigenvalue weighted by atomic mass is 79.9. The summed E-state index contributed by atoms with van der Waals surface area (Å²) in [7, 11) is 3.54. The fraction of sp³-hybridized carbons (Fsp3) is 0.133. The summed E-state index contributed by atoms with van der Waals surface area (Å²) in [5, 5.41) is 0. The number of aromatic nitrogens is 4. The highest BCUT2D eigenvalue weighted by Gasteiger charge is 2.20. The van der Waals surface area contributed by atoms with Crippen LogP contribution in [0.4, 0.5) is 5.95 Å². The SMILES string of the molecule is CN(C)/C=N/c1nc2nc(Br)[nH]c2c(=O)n1C(=O)c1ccccc1. The summed E-state index contributed by atoms with van der Waals surface area (Å²) in [4.78, 5) is 42.4.